The predicted molar refractivity (Wildman–Crippen MR) is 56.8 cm³/mol. The van der Waals surface area contributed by atoms with Gasteiger partial charge in [0.15, 0.2) is 0 Å². The zero-order chi connectivity index (χ0) is 9.26. The Hall–Kier alpha value is -0.134. The molecule has 0 saturated carbocycles. The standard InChI is InChI=1S/C10H9NO2.K.H/c12-10(13)5-7-6-11-9-4-2-1-3-8(7)9;;/h1-4,6,11H,5H2,(H,12,13);;. The van der Waals surface area contributed by atoms with Crippen LogP contribution in [-0.2, 0) is 11.2 Å². The summed E-state index contributed by atoms with van der Waals surface area (Å²) in [5.74, 6) is -0.801. The molecule has 4 heteroatoms. The number of carboxylic acid groups (broad SMARTS) is 1. The van der Waals surface area contributed by atoms with Gasteiger partial charge in [0.25, 0.3) is 0 Å². The van der Waals surface area contributed by atoms with E-state index in [2.05, 4.69) is 4.98 Å². The first-order valence-corrected chi connectivity index (χ1v) is 4.04. The first-order chi connectivity index (χ1) is 6.27. The summed E-state index contributed by atoms with van der Waals surface area (Å²) in [4.78, 5) is 13.5. The number of benzene rings is 1. The van der Waals surface area contributed by atoms with E-state index in [1.165, 1.54) is 0 Å². The number of nitrogens with one attached hydrogen (secondary N) is 1. The van der Waals surface area contributed by atoms with Crippen molar-refractivity contribution in [1.82, 2.24) is 4.98 Å². The molecule has 1 aromatic heterocycles. The Balaban J connectivity index is 0.000000980. The second kappa shape index (κ2) is 5.09. The second-order valence-electron chi connectivity index (χ2n) is 2.93. The molecule has 1 heterocycles. The van der Waals surface area contributed by atoms with E-state index in [1.807, 2.05) is 24.3 Å². The number of hydrogen-bond acceptors (Lipinski definition) is 1. The van der Waals surface area contributed by atoms with Crippen molar-refractivity contribution in [2.24, 2.45) is 0 Å². The van der Waals surface area contributed by atoms with Crippen molar-refractivity contribution in [1.29, 1.82) is 0 Å². The van der Waals surface area contributed by atoms with Crippen LogP contribution in [-0.4, -0.2) is 67.4 Å². The molecule has 0 bridgehead atoms. The van der Waals surface area contributed by atoms with Crippen LogP contribution >= 0.6 is 0 Å². The molecule has 0 atom stereocenters. The van der Waals surface area contributed by atoms with Crippen LogP contribution in [0.1, 0.15) is 5.56 Å². The number of aliphatic carboxylic acids is 1. The Kier molecular flexibility index (Phi) is 4.34. The third-order valence-electron chi connectivity index (χ3n) is 2.02. The summed E-state index contributed by atoms with van der Waals surface area (Å²) in [7, 11) is 0. The van der Waals surface area contributed by atoms with Gasteiger partial charge >= 0.3 is 57.4 Å². The van der Waals surface area contributed by atoms with Crippen molar-refractivity contribution in [3.63, 3.8) is 0 Å². The molecule has 3 nitrogen and oxygen atoms in total. The monoisotopic (exact) mass is 215 g/mol. The fourth-order valence-corrected chi connectivity index (χ4v) is 1.44. The first kappa shape index (κ1) is 11.9. The van der Waals surface area contributed by atoms with E-state index >= 15 is 0 Å². The van der Waals surface area contributed by atoms with Gasteiger partial charge in [0.1, 0.15) is 0 Å². The molecule has 0 aliphatic carbocycles. The quantitative estimate of drug-likeness (QED) is 0.738. The number of carboxylic acids is 1. The fourth-order valence-electron chi connectivity index (χ4n) is 1.44. The van der Waals surface area contributed by atoms with E-state index in [4.69, 9.17) is 5.11 Å². The first-order valence-electron chi connectivity index (χ1n) is 4.04. The van der Waals surface area contributed by atoms with E-state index < -0.39 is 5.97 Å². The molecule has 0 aliphatic rings. The van der Waals surface area contributed by atoms with Gasteiger partial charge in [0.05, 0.1) is 6.42 Å². The topological polar surface area (TPSA) is 53.1 Å². The minimum atomic E-state index is -0.801. The average Bonchev–Trinajstić information content (AvgIpc) is 2.48. The molecular weight excluding hydrogens is 205 g/mol. The van der Waals surface area contributed by atoms with Crippen LogP contribution in [0.3, 0.4) is 0 Å². The van der Waals surface area contributed by atoms with Crippen LogP contribution < -0.4 is 0 Å². The molecule has 2 N–H and O–H groups in total. The van der Waals surface area contributed by atoms with Gasteiger partial charge in [-0.1, -0.05) is 18.2 Å². The van der Waals surface area contributed by atoms with Gasteiger partial charge in [-0.15, -0.1) is 0 Å². The van der Waals surface area contributed by atoms with Crippen molar-refractivity contribution in [2.75, 3.05) is 0 Å². The Bertz CT molecular complexity index is 450. The third-order valence-corrected chi connectivity index (χ3v) is 2.02. The fraction of sp³-hybridized carbons (Fsp3) is 0.100. The molecule has 0 aliphatic heterocycles. The Labute approximate surface area is 124 Å². The van der Waals surface area contributed by atoms with Crippen LogP contribution in [0.4, 0.5) is 0 Å². The van der Waals surface area contributed by atoms with Crippen molar-refractivity contribution < 1.29 is 9.90 Å². The zero-order valence-electron chi connectivity index (χ0n) is 6.95. The molecular formula is C10H10KNO2. The van der Waals surface area contributed by atoms with E-state index in [0.29, 0.717) is 0 Å². The van der Waals surface area contributed by atoms with Gasteiger partial charge < -0.3 is 10.1 Å². The number of fused-ring (bicyclic) bond motifs is 1. The summed E-state index contributed by atoms with van der Waals surface area (Å²) in [6.07, 6.45) is 1.82. The van der Waals surface area contributed by atoms with E-state index in [9.17, 15) is 4.79 Å². The number of H-pyrrole nitrogens is 1. The molecule has 0 unspecified atom stereocenters. The maximum atomic E-state index is 10.5. The van der Waals surface area contributed by atoms with Crippen LogP contribution in [0.2, 0.25) is 0 Å². The Morgan fingerprint density at radius 2 is 2.07 bits per heavy atom. The summed E-state index contributed by atoms with van der Waals surface area (Å²) < 4.78 is 0. The van der Waals surface area contributed by atoms with Crippen molar-refractivity contribution in [3.05, 3.63) is 36.0 Å². The van der Waals surface area contributed by atoms with E-state index in [1.54, 1.807) is 6.20 Å². The molecule has 2 aromatic rings. The zero-order valence-corrected chi connectivity index (χ0v) is 6.95. The van der Waals surface area contributed by atoms with Gasteiger partial charge in [-0.25, -0.2) is 0 Å². The van der Waals surface area contributed by atoms with Gasteiger partial charge in [-0.05, 0) is 11.6 Å². The van der Waals surface area contributed by atoms with Gasteiger partial charge in [-0.2, -0.15) is 0 Å². The second-order valence-corrected chi connectivity index (χ2v) is 2.93. The Morgan fingerprint density at radius 1 is 1.36 bits per heavy atom. The van der Waals surface area contributed by atoms with Gasteiger partial charge in [0.2, 0.25) is 0 Å². The number of carbonyl (C=O) groups is 1. The van der Waals surface area contributed by atoms with Crippen LogP contribution in [0.15, 0.2) is 30.5 Å². The number of aromatic nitrogens is 1. The molecule has 0 amide bonds. The van der Waals surface area contributed by atoms with Crippen LogP contribution in [0, 0.1) is 0 Å². The summed E-state index contributed by atoms with van der Waals surface area (Å²) in [6, 6.07) is 7.68. The molecule has 14 heavy (non-hydrogen) atoms. The molecule has 1 aromatic carbocycles. The van der Waals surface area contributed by atoms with Crippen LogP contribution in [0.25, 0.3) is 10.9 Å². The van der Waals surface area contributed by atoms with Gasteiger partial charge in [0, 0.05) is 17.1 Å². The number of aromatic amines is 1. The van der Waals surface area contributed by atoms with E-state index in [0.717, 1.165) is 16.5 Å². The van der Waals surface area contributed by atoms with Gasteiger partial charge in [-0.3, -0.25) is 4.79 Å². The van der Waals surface area contributed by atoms with E-state index in [-0.39, 0.29) is 57.8 Å². The number of para-hydroxylation sites is 1. The molecule has 0 radical (unpaired) electrons. The molecule has 0 fully saturated rings. The SMILES string of the molecule is O=C(O)Cc1c[nH]c2ccccc12.[KH]. The predicted octanol–water partition coefficient (Wildman–Crippen LogP) is 1.15. The normalized spacial score (nSPS) is 9.71. The maximum absolute atomic E-state index is 10.5. The molecule has 68 valence electrons. The minimum absolute atomic E-state index is 0. The summed E-state index contributed by atoms with van der Waals surface area (Å²) in [6.45, 7) is 0. The molecule has 0 saturated heterocycles. The van der Waals surface area contributed by atoms with Crippen molar-refractivity contribution in [3.8, 4) is 0 Å². The van der Waals surface area contributed by atoms with Crippen molar-refractivity contribution >= 4 is 68.3 Å². The van der Waals surface area contributed by atoms with Crippen molar-refractivity contribution in [2.45, 2.75) is 6.42 Å². The molecule has 2 rings (SSSR count). The third kappa shape index (κ3) is 2.46. The average molecular weight is 215 g/mol. The number of hydrogen-bond donors (Lipinski definition) is 2. The number of rotatable bonds is 2. The summed E-state index contributed by atoms with van der Waals surface area (Å²) in [5, 5.41) is 9.62. The Morgan fingerprint density at radius 3 is 2.79 bits per heavy atom. The van der Waals surface area contributed by atoms with Crippen LogP contribution in [0.5, 0.6) is 0 Å². The summed E-state index contributed by atoms with van der Waals surface area (Å²) in [5.41, 5.74) is 1.82. The molecule has 0 spiro atoms. The summed E-state index contributed by atoms with van der Waals surface area (Å²) >= 11 is 0.